The highest BCUT2D eigenvalue weighted by molar-refractivity contribution is 7.98. The first-order valence-electron chi connectivity index (χ1n) is 12.2. The van der Waals surface area contributed by atoms with Crippen molar-refractivity contribution in [3.63, 3.8) is 0 Å². The number of hydrogen-bond donors (Lipinski definition) is 1. The molecule has 5 rings (SSSR count). The van der Waals surface area contributed by atoms with E-state index in [0.717, 1.165) is 42.9 Å². The summed E-state index contributed by atoms with van der Waals surface area (Å²) in [5.74, 6) is 2.34. The van der Waals surface area contributed by atoms with Crippen LogP contribution in [-0.4, -0.2) is 47.0 Å². The quantitative estimate of drug-likeness (QED) is 0.477. The van der Waals surface area contributed by atoms with Crippen molar-refractivity contribution < 1.29 is 0 Å². The molecule has 11 heteroatoms. The van der Waals surface area contributed by atoms with Gasteiger partial charge in [-0.1, -0.05) is 25.1 Å². The standard InChI is InChI=1S/C22H32N8O2S/c1-3-5-13-29-18-17(19(31)24-21(29)32)28(4-2)16(23-18)14-33-22-26-25-20(30(22)15-9-10-15)27-11-7-6-8-12-27/h15H,3-14H2,1-2H3,(H,24,31,32). The molecule has 0 aromatic carbocycles. The summed E-state index contributed by atoms with van der Waals surface area (Å²) >= 11 is 1.61. The zero-order valence-electron chi connectivity index (χ0n) is 19.4. The number of aryl methyl sites for hydroxylation is 2. The van der Waals surface area contributed by atoms with Crippen LogP contribution in [-0.2, 0) is 18.8 Å². The number of thioether (sulfide) groups is 1. The first kappa shape index (κ1) is 22.2. The molecule has 2 fully saturated rings. The van der Waals surface area contributed by atoms with E-state index in [-0.39, 0.29) is 11.2 Å². The van der Waals surface area contributed by atoms with Crippen LogP contribution in [0.1, 0.15) is 70.7 Å². The SMILES string of the molecule is CCCCn1c(=O)[nH]c(=O)c2c1nc(CSc1nnc(N3CCCCC3)n1C1CC1)n2CC. The summed E-state index contributed by atoms with van der Waals surface area (Å²) < 4.78 is 5.83. The molecule has 3 aromatic heterocycles. The Kier molecular flexibility index (Phi) is 6.31. The van der Waals surface area contributed by atoms with Gasteiger partial charge in [-0.25, -0.2) is 9.78 Å². The van der Waals surface area contributed by atoms with Gasteiger partial charge in [-0.2, -0.15) is 0 Å². The number of imidazole rings is 1. The summed E-state index contributed by atoms with van der Waals surface area (Å²) in [6, 6.07) is 0.478. The van der Waals surface area contributed by atoms with Gasteiger partial charge in [0.15, 0.2) is 16.3 Å². The van der Waals surface area contributed by atoms with Gasteiger partial charge in [0, 0.05) is 32.2 Å². The van der Waals surface area contributed by atoms with Gasteiger partial charge in [-0.15, -0.1) is 10.2 Å². The Morgan fingerprint density at radius 3 is 2.55 bits per heavy atom. The second kappa shape index (κ2) is 9.36. The number of hydrogen-bond acceptors (Lipinski definition) is 7. The predicted octanol–water partition coefficient (Wildman–Crippen LogP) is 2.92. The number of nitrogens with zero attached hydrogens (tertiary/aromatic N) is 7. The molecule has 1 N–H and O–H groups in total. The lowest BCUT2D eigenvalue weighted by Gasteiger charge is -2.27. The Labute approximate surface area is 196 Å². The molecule has 0 atom stereocenters. The molecular weight excluding hydrogens is 440 g/mol. The van der Waals surface area contributed by atoms with Crippen molar-refractivity contribution in [2.24, 2.45) is 0 Å². The Balaban J connectivity index is 1.47. The van der Waals surface area contributed by atoms with Crippen molar-refractivity contribution in [1.29, 1.82) is 0 Å². The van der Waals surface area contributed by atoms with E-state index in [1.807, 2.05) is 11.5 Å². The normalized spacial score (nSPS) is 16.7. The lowest BCUT2D eigenvalue weighted by atomic mass is 10.1. The molecule has 4 heterocycles. The summed E-state index contributed by atoms with van der Waals surface area (Å²) in [6.45, 7) is 7.31. The molecule has 2 aliphatic rings. The van der Waals surface area contributed by atoms with Crippen LogP contribution in [0.2, 0.25) is 0 Å². The van der Waals surface area contributed by atoms with Crippen LogP contribution in [0.3, 0.4) is 0 Å². The molecule has 1 saturated heterocycles. The Morgan fingerprint density at radius 2 is 1.85 bits per heavy atom. The van der Waals surface area contributed by atoms with Crippen LogP contribution >= 0.6 is 11.8 Å². The number of aromatic nitrogens is 7. The molecule has 0 spiro atoms. The van der Waals surface area contributed by atoms with Crippen molar-refractivity contribution >= 4 is 28.9 Å². The molecule has 33 heavy (non-hydrogen) atoms. The number of unbranched alkanes of at least 4 members (excludes halogenated alkanes) is 1. The molecule has 3 aromatic rings. The Bertz CT molecular complexity index is 1250. The zero-order chi connectivity index (χ0) is 22.9. The first-order valence-corrected chi connectivity index (χ1v) is 13.2. The highest BCUT2D eigenvalue weighted by Crippen LogP contribution is 2.41. The minimum atomic E-state index is -0.388. The van der Waals surface area contributed by atoms with Crippen LogP contribution in [0, 0.1) is 0 Å². The highest BCUT2D eigenvalue weighted by atomic mass is 32.2. The lowest BCUT2D eigenvalue weighted by molar-refractivity contribution is 0.548. The van der Waals surface area contributed by atoms with Crippen molar-refractivity contribution in [3.8, 4) is 0 Å². The van der Waals surface area contributed by atoms with Crippen LogP contribution in [0.15, 0.2) is 14.7 Å². The van der Waals surface area contributed by atoms with Crippen molar-refractivity contribution in [3.05, 3.63) is 26.7 Å². The summed E-state index contributed by atoms with van der Waals surface area (Å²) in [6.07, 6.45) is 7.83. The number of H-pyrrole nitrogens is 1. The molecule has 1 saturated carbocycles. The third-order valence-electron chi connectivity index (χ3n) is 6.54. The zero-order valence-corrected chi connectivity index (χ0v) is 20.2. The molecule has 0 radical (unpaired) electrons. The number of rotatable bonds is 9. The second-order valence-electron chi connectivity index (χ2n) is 8.93. The van der Waals surface area contributed by atoms with E-state index >= 15 is 0 Å². The minimum Gasteiger partial charge on any atom is -0.341 e. The Morgan fingerprint density at radius 1 is 1.06 bits per heavy atom. The van der Waals surface area contributed by atoms with Crippen molar-refractivity contribution in [2.45, 2.75) is 88.8 Å². The van der Waals surface area contributed by atoms with Gasteiger partial charge in [0.1, 0.15) is 5.82 Å². The maximum atomic E-state index is 12.7. The number of piperidine rings is 1. The van der Waals surface area contributed by atoms with Crippen LogP contribution in [0.4, 0.5) is 5.95 Å². The van der Waals surface area contributed by atoms with Crippen LogP contribution in [0.25, 0.3) is 11.2 Å². The summed E-state index contributed by atoms with van der Waals surface area (Å²) in [4.78, 5) is 34.7. The van der Waals surface area contributed by atoms with Gasteiger partial charge < -0.3 is 9.47 Å². The predicted molar refractivity (Wildman–Crippen MR) is 129 cm³/mol. The fraction of sp³-hybridized carbons (Fsp3) is 0.682. The number of anilines is 1. The third kappa shape index (κ3) is 4.22. The summed E-state index contributed by atoms with van der Waals surface area (Å²) in [5, 5.41) is 10.0. The van der Waals surface area contributed by atoms with E-state index in [2.05, 4.69) is 31.6 Å². The van der Waals surface area contributed by atoms with Gasteiger partial charge in [-0.3, -0.25) is 18.9 Å². The van der Waals surface area contributed by atoms with Gasteiger partial charge in [-0.05, 0) is 45.4 Å². The van der Waals surface area contributed by atoms with E-state index in [1.54, 1.807) is 16.3 Å². The molecule has 178 valence electrons. The number of nitrogens with one attached hydrogen (secondary N) is 1. The second-order valence-corrected chi connectivity index (χ2v) is 9.87. The van der Waals surface area contributed by atoms with Crippen molar-refractivity contribution in [1.82, 2.24) is 33.9 Å². The maximum absolute atomic E-state index is 12.7. The fourth-order valence-corrected chi connectivity index (χ4v) is 5.60. The van der Waals surface area contributed by atoms with E-state index in [1.165, 1.54) is 32.1 Å². The lowest BCUT2D eigenvalue weighted by Crippen LogP contribution is -2.31. The Hall–Kier alpha value is -2.56. The molecule has 0 bridgehead atoms. The van der Waals surface area contributed by atoms with E-state index < -0.39 is 0 Å². The third-order valence-corrected chi connectivity index (χ3v) is 7.48. The van der Waals surface area contributed by atoms with Crippen LogP contribution in [0.5, 0.6) is 0 Å². The molecule has 10 nitrogen and oxygen atoms in total. The van der Waals surface area contributed by atoms with E-state index in [0.29, 0.717) is 36.0 Å². The minimum absolute atomic E-state index is 0.373. The van der Waals surface area contributed by atoms with Gasteiger partial charge in [0.25, 0.3) is 5.56 Å². The van der Waals surface area contributed by atoms with E-state index in [9.17, 15) is 9.59 Å². The number of fused-ring (bicyclic) bond motifs is 1. The fourth-order valence-electron chi connectivity index (χ4n) is 4.65. The first-order chi connectivity index (χ1) is 16.1. The van der Waals surface area contributed by atoms with E-state index in [4.69, 9.17) is 4.98 Å². The molecule has 1 aliphatic carbocycles. The smallest absolute Gasteiger partial charge is 0.330 e. The average molecular weight is 473 g/mol. The topological polar surface area (TPSA) is 107 Å². The summed E-state index contributed by atoms with van der Waals surface area (Å²) in [7, 11) is 0. The molecular formula is C22H32N8O2S. The number of aromatic amines is 1. The van der Waals surface area contributed by atoms with Crippen LogP contribution < -0.4 is 16.1 Å². The van der Waals surface area contributed by atoms with Gasteiger partial charge in [0.05, 0.1) is 5.75 Å². The molecule has 1 aliphatic heterocycles. The molecule has 0 amide bonds. The maximum Gasteiger partial charge on any atom is 0.330 e. The van der Waals surface area contributed by atoms with Gasteiger partial charge >= 0.3 is 5.69 Å². The van der Waals surface area contributed by atoms with Crippen molar-refractivity contribution in [2.75, 3.05) is 18.0 Å². The largest absolute Gasteiger partial charge is 0.341 e. The monoisotopic (exact) mass is 472 g/mol. The molecule has 0 unspecified atom stereocenters. The highest BCUT2D eigenvalue weighted by Gasteiger charge is 2.32. The summed E-state index contributed by atoms with van der Waals surface area (Å²) in [5.41, 5.74) is 0.191. The average Bonchev–Trinajstić information content (AvgIpc) is 3.46. The van der Waals surface area contributed by atoms with Gasteiger partial charge in [0.2, 0.25) is 5.95 Å².